The summed E-state index contributed by atoms with van der Waals surface area (Å²) in [6, 6.07) is 0. The molecule has 4 fully saturated rings. The second-order valence-corrected chi connectivity index (χ2v) is 11.1. The first-order valence-electron chi connectivity index (χ1n) is 7.19. The van der Waals surface area contributed by atoms with Crippen molar-refractivity contribution in [2.24, 2.45) is 23.2 Å². The molecule has 2 bridgehead atoms. The summed E-state index contributed by atoms with van der Waals surface area (Å²) >= 11 is 2.35. The number of ether oxygens (including phenoxy) is 1. The van der Waals surface area contributed by atoms with Gasteiger partial charge < -0.3 is 0 Å². The van der Waals surface area contributed by atoms with Crippen molar-refractivity contribution in [2.45, 2.75) is 53.1 Å². The first-order valence-corrected chi connectivity index (χ1v) is 10.8. The van der Waals surface area contributed by atoms with E-state index in [4.69, 9.17) is 4.74 Å². The number of esters is 1. The van der Waals surface area contributed by atoms with E-state index in [0.29, 0.717) is 21.3 Å². The van der Waals surface area contributed by atoms with Crippen molar-refractivity contribution >= 4 is 28.6 Å². The fourth-order valence-electron chi connectivity index (χ4n) is 4.94. The standard InChI is InChI=1S/C14H20I2NO2/c1-7-3-8-5-14(4-7)6-9(14)13(8,2)19-12(18)10(15)11-16-17-11/h7-11,17H,3-6H2,1-2H3/q-1. The molecule has 5 heteroatoms. The third kappa shape index (κ3) is 2.00. The molecule has 4 rings (SSSR count). The Labute approximate surface area is 138 Å². The summed E-state index contributed by atoms with van der Waals surface area (Å²) in [4.78, 5) is 12.4. The van der Waals surface area contributed by atoms with E-state index in [0.717, 1.165) is 5.92 Å². The maximum absolute atomic E-state index is 12.4. The Balaban J connectivity index is 1.52. The average Bonchev–Trinajstić information content (AvgIpc) is 3.21. The number of halogens is 2. The van der Waals surface area contributed by atoms with Crippen molar-refractivity contribution in [3.8, 4) is 0 Å². The van der Waals surface area contributed by atoms with Crippen LogP contribution in [-0.2, 0) is 9.53 Å². The summed E-state index contributed by atoms with van der Waals surface area (Å²) in [6.45, 7) is 4.60. The second-order valence-electron chi connectivity index (χ2n) is 7.19. The van der Waals surface area contributed by atoms with Gasteiger partial charge in [0.05, 0.1) is 0 Å². The predicted molar refractivity (Wildman–Crippen MR) is 76.3 cm³/mol. The van der Waals surface area contributed by atoms with Crippen molar-refractivity contribution in [3.63, 3.8) is 0 Å². The first kappa shape index (κ1) is 13.5. The summed E-state index contributed by atoms with van der Waals surface area (Å²) in [5.41, 5.74) is 0.404. The zero-order valence-electron chi connectivity index (χ0n) is 11.3. The van der Waals surface area contributed by atoms with Crippen LogP contribution in [0.3, 0.4) is 0 Å². The quantitative estimate of drug-likeness (QED) is 0.145. The summed E-state index contributed by atoms with van der Waals surface area (Å²) < 4.78 is 9.93. The van der Waals surface area contributed by atoms with E-state index >= 15 is 0 Å². The molecule has 0 aromatic heterocycles. The number of rotatable bonds is 3. The van der Waals surface area contributed by atoms with Crippen molar-refractivity contribution in [1.29, 1.82) is 0 Å². The van der Waals surface area contributed by atoms with Crippen LogP contribution in [0.15, 0.2) is 0 Å². The van der Waals surface area contributed by atoms with E-state index in [1.165, 1.54) is 25.7 Å². The molecule has 1 spiro atoms. The van der Waals surface area contributed by atoms with E-state index in [1.807, 2.05) is 0 Å². The van der Waals surface area contributed by atoms with Crippen LogP contribution in [0.5, 0.6) is 0 Å². The predicted octanol–water partition coefficient (Wildman–Crippen LogP) is -0.519. The fraction of sp³-hybridized carbons (Fsp3) is 0.929. The van der Waals surface area contributed by atoms with Crippen LogP contribution < -0.4 is 25.0 Å². The van der Waals surface area contributed by atoms with Gasteiger partial charge in [-0.05, 0) is 0 Å². The summed E-state index contributed by atoms with van der Waals surface area (Å²) in [7, 11) is 0. The number of carbonyl (C=O) groups is 1. The molecule has 108 valence electrons. The van der Waals surface area contributed by atoms with Gasteiger partial charge in [-0.3, -0.25) is 0 Å². The van der Waals surface area contributed by atoms with Crippen LogP contribution in [0.1, 0.15) is 39.5 Å². The van der Waals surface area contributed by atoms with E-state index in [-0.39, 0.29) is 37.0 Å². The van der Waals surface area contributed by atoms with Crippen LogP contribution >= 0.6 is 22.6 Å². The van der Waals surface area contributed by atoms with Gasteiger partial charge in [0.15, 0.2) is 0 Å². The molecule has 3 saturated carbocycles. The van der Waals surface area contributed by atoms with Gasteiger partial charge in [0.2, 0.25) is 0 Å². The Morgan fingerprint density at radius 1 is 1.47 bits per heavy atom. The normalized spacial score (nSPS) is 55.7. The molecule has 1 heterocycles. The molecule has 3 nitrogen and oxygen atoms in total. The van der Waals surface area contributed by atoms with Gasteiger partial charge in [-0.15, -0.1) is 0 Å². The molecular formula is C14H20I2NO2-. The third-order valence-electron chi connectivity index (χ3n) is 5.82. The van der Waals surface area contributed by atoms with Crippen LogP contribution in [0.25, 0.3) is 0 Å². The Hall–Kier alpha value is 0.890. The number of hydrogen-bond acceptors (Lipinski definition) is 3. The Bertz CT molecular complexity index is 441. The van der Waals surface area contributed by atoms with Gasteiger partial charge in [0.25, 0.3) is 0 Å². The molecule has 0 aromatic carbocycles. The molecule has 0 aromatic rings. The van der Waals surface area contributed by atoms with Crippen molar-refractivity contribution < 1.29 is 31.0 Å². The number of hydrogen-bond donors (Lipinski definition) is 1. The number of fused-ring (bicyclic) bond motifs is 1. The van der Waals surface area contributed by atoms with E-state index < -0.39 is 0 Å². The SMILES string of the molecule is CC1CC2CC3(C1)CC3C2(C)OC(=O)C(I)C1N[I-]1. The van der Waals surface area contributed by atoms with Gasteiger partial charge in [0, 0.05) is 0 Å². The van der Waals surface area contributed by atoms with Gasteiger partial charge in [0.1, 0.15) is 0 Å². The van der Waals surface area contributed by atoms with Crippen molar-refractivity contribution in [2.75, 3.05) is 0 Å². The molecule has 7 atom stereocenters. The van der Waals surface area contributed by atoms with E-state index in [2.05, 4.69) is 40.0 Å². The molecule has 1 aliphatic heterocycles. The molecule has 4 aliphatic rings. The third-order valence-corrected chi connectivity index (χ3v) is 10.5. The van der Waals surface area contributed by atoms with Crippen LogP contribution in [-0.4, -0.2) is 19.5 Å². The summed E-state index contributed by atoms with van der Waals surface area (Å²) in [6.07, 6.45) is 5.23. The minimum absolute atomic E-state index is 0.0369. The molecule has 1 saturated heterocycles. The van der Waals surface area contributed by atoms with Crippen LogP contribution in [0, 0.1) is 23.2 Å². The van der Waals surface area contributed by atoms with Gasteiger partial charge >= 0.3 is 139 Å². The van der Waals surface area contributed by atoms with Crippen molar-refractivity contribution in [3.05, 3.63) is 0 Å². The summed E-state index contributed by atoms with van der Waals surface area (Å²) in [5.74, 6) is 2.13. The van der Waals surface area contributed by atoms with Crippen LogP contribution in [0.2, 0.25) is 0 Å². The fourth-order valence-corrected chi connectivity index (χ4v) is 8.03. The van der Waals surface area contributed by atoms with Gasteiger partial charge in [-0.1, -0.05) is 0 Å². The number of nitrogens with one attached hydrogen (secondary N) is 1. The first-order chi connectivity index (χ1) is 8.94. The monoisotopic (exact) mass is 488 g/mol. The molecule has 3 aliphatic carbocycles. The van der Waals surface area contributed by atoms with Crippen molar-refractivity contribution in [1.82, 2.24) is 3.53 Å². The zero-order chi connectivity index (χ0) is 13.4. The van der Waals surface area contributed by atoms with Crippen LogP contribution in [0.4, 0.5) is 0 Å². The summed E-state index contributed by atoms with van der Waals surface area (Å²) in [5, 5.41) is 0. The molecule has 1 N–H and O–H groups in total. The van der Waals surface area contributed by atoms with Gasteiger partial charge in [-0.25, -0.2) is 0 Å². The molecule has 0 radical (unpaired) electrons. The second kappa shape index (κ2) is 4.21. The zero-order valence-corrected chi connectivity index (χ0v) is 15.6. The minimum atomic E-state index is -0.154. The van der Waals surface area contributed by atoms with E-state index in [9.17, 15) is 4.79 Å². The number of alkyl halides is 2. The average molecular weight is 488 g/mol. The Morgan fingerprint density at radius 3 is 2.89 bits per heavy atom. The van der Waals surface area contributed by atoms with Gasteiger partial charge in [-0.2, -0.15) is 0 Å². The number of carbonyl (C=O) groups excluding carboxylic acids is 1. The Morgan fingerprint density at radius 2 is 2.21 bits per heavy atom. The maximum atomic E-state index is 12.4. The Kier molecular flexibility index (Phi) is 3.00. The molecule has 19 heavy (non-hydrogen) atoms. The molecule has 7 unspecified atom stereocenters. The van der Waals surface area contributed by atoms with E-state index in [1.54, 1.807) is 0 Å². The molecular weight excluding hydrogens is 468 g/mol. The molecule has 0 amide bonds. The topological polar surface area (TPSA) is 48.2 Å².